The molecule has 0 unspecified atom stereocenters. The number of fused-ring (bicyclic) bond motifs is 3. The quantitative estimate of drug-likeness (QED) is 0.497. The van der Waals surface area contributed by atoms with Gasteiger partial charge in [0.05, 0.1) is 11.1 Å². The zero-order valence-corrected chi connectivity index (χ0v) is 15.8. The number of hydrogen-bond acceptors (Lipinski definition) is 6. The number of aryl methyl sites for hydroxylation is 2. The van der Waals surface area contributed by atoms with Gasteiger partial charge in [-0.2, -0.15) is 0 Å². The van der Waals surface area contributed by atoms with Crippen LogP contribution in [0.2, 0.25) is 0 Å². The van der Waals surface area contributed by atoms with Gasteiger partial charge in [0.2, 0.25) is 0 Å². The molecule has 1 N–H and O–H groups in total. The molecule has 0 aliphatic heterocycles. The molecule has 1 saturated carbocycles. The summed E-state index contributed by atoms with van der Waals surface area (Å²) in [5.74, 6) is -0.0270. The lowest BCUT2D eigenvalue weighted by Gasteiger charge is -2.21. The molecule has 0 radical (unpaired) electrons. The van der Waals surface area contributed by atoms with E-state index in [0.29, 0.717) is 5.16 Å². The Morgan fingerprint density at radius 2 is 2.00 bits per heavy atom. The summed E-state index contributed by atoms with van der Waals surface area (Å²) in [4.78, 5) is 34.0. The molecule has 2 aliphatic rings. The lowest BCUT2D eigenvalue weighted by Crippen LogP contribution is -2.22. The fourth-order valence-electron chi connectivity index (χ4n) is 3.74. The number of esters is 1. The molecule has 1 fully saturated rings. The van der Waals surface area contributed by atoms with Crippen molar-refractivity contribution >= 4 is 39.3 Å². The van der Waals surface area contributed by atoms with Crippen molar-refractivity contribution in [1.29, 1.82) is 0 Å². The first-order valence-corrected chi connectivity index (χ1v) is 10.9. The lowest BCUT2D eigenvalue weighted by atomic mass is 9.97. The van der Waals surface area contributed by atoms with Crippen LogP contribution in [-0.4, -0.2) is 27.8 Å². The number of hydrogen-bond donors (Lipinski definition) is 1. The van der Waals surface area contributed by atoms with Crippen molar-refractivity contribution in [1.82, 2.24) is 9.97 Å². The molecule has 2 aromatic rings. The minimum Gasteiger partial charge on any atom is -0.462 e. The molecule has 0 bridgehead atoms. The predicted molar refractivity (Wildman–Crippen MR) is 101 cm³/mol. The van der Waals surface area contributed by atoms with Gasteiger partial charge in [-0.1, -0.05) is 18.2 Å². The van der Waals surface area contributed by atoms with Gasteiger partial charge in [0, 0.05) is 4.88 Å². The number of nitrogens with zero attached hydrogens (tertiary/aromatic N) is 1. The number of ether oxygens (including phenoxy) is 1. The van der Waals surface area contributed by atoms with Crippen LogP contribution in [0.15, 0.2) is 9.95 Å². The largest absolute Gasteiger partial charge is 0.462 e. The van der Waals surface area contributed by atoms with Gasteiger partial charge < -0.3 is 9.72 Å². The van der Waals surface area contributed by atoms with Crippen LogP contribution in [-0.2, 0) is 22.4 Å². The summed E-state index contributed by atoms with van der Waals surface area (Å²) in [6, 6.07) is 0. The molecular formula is C18H22N2O3S2. The second-order valence-electron chi connectivity index (χ2n) is 6.80. The van der Waals surface area contributed by atoms with Crippen LogP contribution in [0.25, 0.3) is 10.2 Å². The maximum Gasteiger partial charge on any atom is 0.316 e. The molecule has 2 heterocycles. The molecule has 134 valence electrons. The third-order valence-corrected chi connectivity index (χ3v) is 7.01. The number of H-pyrrole nitrogens is 1. The van der Waals surface area contributed by atoms with E-state index >= 15 is 0 Å². The standard InChI is InChI=1S/C18H22N2O3S2/c21-14(23-11-6-2-1-3-7-11)10-24-18-19-16(22)15-12-8-4-5-9-13(12)25-17(15)20-18/h11H,1-10H2,(H,19,20,22). The Morgan fingerprint density at radius 1 is 1.20 bits per heavy atom. The van der Waals surface area contributed by atoms with Crippen molar-refractivity contribution in [3.8, 4) is 0 Å². The van der Waals surface area contributed by atoms with Gasteiger partial charge in [-0.05, 0) is 56.9 Å². The molecule has 2 aromatic heterocycles. The Morgan fingerprint density at radius 3 is 2.84 bits per heavy atom. The topological polar surface area (TPSA) is 72.0 Å². The maximum atomic E-state index is 12.5. The monoisotopic (exact) mass is 378 g/mol. The number of aromatic nitrogens is 2. The third kappa shape index (κ3) is 3.77. The van der Waals surface area contributed by atoms with Gasteiger partial charge >= 0.3 is 5.97 Å². The number of nitrogens with one attached hydrogen (secondary N) is 1. The summed E-state index contributed by atoms with van der Waals surface area (Å²) in [7, 11) is 0. The van der Waals surface area contributed by atoms with E-state index in [9.17, 15) is 9.59 Å². The highest BCUT2D eigenvalue weighted by Gasteiger charge is 2.21. The van der Waals surface area contributed by atoms with E-state index in [1.165, 1.54) is 35.0 Å². The Kier molecular flexibility index (Phi) is 5.12. The summed E-state index contributed by atoms with van der Waals surface area (Å²) in [6.45, 7) is 0. The molecule has 2 aliphatic carbocycles. The minimum absolute atomic E-state index is 0.0698. The number of carbonyl (C=O) groups is 1. The molecular weight excluding hydrogens is 356 g/mol. The molecule has 0 spiro atoms. The maximum absolute atomic E-state index is 12.5. The Hall–Kier alpha value is -1.34. The van der Waals surface area contributed by atoms with Crippen LogP contribution in [0.5, 0.6) is 0 Å². The molecule has 0 atom stereocenters. The average molecular weight is 379 g/mol. The highest BCUT2D eigenvalue weighted by atomic mass is 32.2. The normalized spacial score (nSPS) is 18.2. The molecule has 0 aromatic carbocycles. The zero-order chi connectivity index (χ0) is 17.2. The van der Waals surface area contributed by atoms with Crippen LogP contribution in [0.3, 0.4) is 0 Å². The first-order chi connectivity index (χ1) is 12.2. The molecule has 25 heavy (non-hydrogen) atoms. The number of carbonyl (C=O) groups excluding carboxylic acids is 1. The van der Waals surface area contributed by atoms with E-state index < -0.39 is 0 Å². The zero-order valence-electron chi connectivity index (χ0n) is 14.1. The van der Waals surface area contributed by atoms with Crippen molar-refractivity contribution in [2.75, 3.05) is 5.75 Å². The first-order valence-electron chi connectivity index (χ1n) is 9.07. The van der Waals surface area contributed by atoms with Gasteiger partial charge in [-0.3, -0.25) is 9.59 Å². The summed E-state index contributed by atoms with van der Waals surface area (Å²) in [6.07, 6.45) is 9.87. The fraction of sp³-hybridized carbons (Fsp3) is 0.611. The van der Waals surface area contributed by atoms with Crippen molar-refractivity contribution < 1.29 is 9.53 Å². The summed E-state index contributed by atoms with van der Waals surface area (Å²) in [5.41, 5.74) is 1.11. The lowest BCUT2D eigenvalue weighted by molar-refractivity contribution is -0.147. The molecule has 7 heteroatoms. The number of thioether (sulfide) groups is 1. The Balaban J connectivity index is 1.45. The number of thiophene rings is 1. The first kappa shape index (κ1) is 17.1. The van der Waals surface area contributed by atoms with Crippen LogP contribution >= 0.6 is 23.1 Å². The second kappa shape index (κ2) is 7.50. The van der Waals surface area contributed by atoms with Gasteiger partial charge in [0.15, 0.2) is 5.16 Å². The van der Waals surface area contributed by atoms with Gasteiger partial charge in [0.1, 0.15) is 10.9 Å². The highest BCUT2D eigenvalue weighted by Crippen LogP contribution is 2.34. The van der Waals surface area contributed by atoms with E-state index in [1.807, 2.05) is 0 Å². The summed E-state index contributed by atoms with van der Waals surface area (Å²) >= 11 is 2.89. The smallest absolute Gasteiger partial charge is 0.316 e. The number of rotatable bonds is 4. The second-order valence-corrected chi connectivity index (χ2v) is 8.85. The average Bonchev–Trinajstić information content (AvgIpc) is 2.99. The minimum atomic E-state index is -0.217. The molecule has 0 saturated heterocycles. The van der Waals surface area contributed by atoms with Crippen LogP contribution < -0.4 is 5.56 Å². The Bertz CT molecular complexity index is 837. The fourth-order valence-corrected chi connectivity index (χ4v) is 5.71. The molecule has 4 rings (SSSR count). The van der Waals surface area contributed by atoms with Gasteiger partial charge in [-0.25, -0.2) is 4.98 Å². The summed E-state index contributed by atoms with van der Waals surface area (Å²) < 4.78 is 5.52. The molecule has 5 nitrogen and oxygen atoms in total. The van der Waals surface area contributed by atoms with E-state index in [0.717, 1.165) is 55.2 Å². The van der Waals surface area contributed by atoms with E-state index in [4.69, 9.17) is 4.74 Å². The highest BCUT2D eigenvalue weighted by molar-refractivity contribution is 7.99. The van der Waals surface area contributed by atoms with E-state index in [-0.39, 0.29) is 23.4 Å². The van der Waals surface area contributed by atoms with E-state index in [2.05, 4.69) is 9.97 Å². The SMILES string of the molecule is O=C(CSc1nc2sc3c(c2c(=O)[nH]1)CCCC3)OC1CCCCC1. The van der Waals surface area contributed by atoms with Gasteiger partial charge in [-0.15, -0.1) is 11.3 Å². The van der Waals surface area contributed by atoms with Crippen LogP contribution in [0.4, 0.5) is 0 Å². The summed E-state index contributed by atoms with van der Waals surface area (Å²) in [5, 5.41) is 1.27. The predicted octanol–water partition coefficient (Wildman–Crippen LogP) is 3.83. The van der Waals surface area contributed by atoms with Crippen LogP contribution in [0.1, 0.15) is 55.4 Å². The third-order valence-electron chi connectivity index (χ3n) is 4.98. The van der Waals surface area contributed by atoms with Gasteiger partial charge in [0.25, 0.3) is 5.56 Å². The van der Waals surface area contributed by atoms with Crippen molar-refractivity contribution in [3.05, 3.63) is 20.8 Å². The van der Waals surface area contributed by atoms with Crippen molar-refractivity contribution in [2.24, 2.45) is 0 Å². The van der Waals surface area contributed by atoms with E-state index in [1.54, 1.807) is 11.3 Å². The number of aromatic amines is 1. The Labute approximate surface area is 154 Å². The van der Waals surface area contributed by atoms with Crippen LogP contribution in [0, 0.1) is 0 Å². The van der Waals surface area contributed by atoms with Crippen molar-refractivity contribution in [3.63, 3.8) is 0 Å². The molecule has 0 amide bonds. The van der Waals surface area contributed by atoms with Crippen molar-refractivity contribution in [2.45, 2.75) is 69.0 Å².